The smallest absolute Gasteiger partial charge is 0.252 e. The van der Waals surface area contributed by atoms with Gasteiger partial charge in [0.15, 0.2) is 5.69 Å². The first-order chi connectivity index (χ1) is 53.8. The molecule has 7 heteroatoms. The van der Waals surface area contributed by atoms with Gasteiger partial charge in [0.05, 0.1) is 51.6 Å². The highest BCUT2D eigenvalue weighted by Gasteiger charge is 2.46. The average molecular weight is 1430 g/mol. The molecule has 2 aliphatic heterocycles. The summed E-state index contributed by atoms with van der Waals surface area (Å²) in [4.78, 5) is 9.24. The van der Waals surface area contributed by atoms with Crippen LogP contribution in [0.5, 0.6) is 0 Å². The van der Waals surface area contributed by atoms with Gasteiger partial charge in [0.25, 0.3) is 6.71 Å². The van der Waals surface area contributed by atoms with E-state index in [0.717, 1.165) is 140 Å². The fourth-order valence-electron chi connectivity index (χ4n) is 17.5. The van der Waals surface area contributed by atoms with Crippen LogP contribution in [0.3, 0.4) is 0 Å². The Morgan fingerprint density at radius 3 is 1.26 bits per heavy atom. The Hall–Kier alpha value is -13.5. The predicted octanol–water partition coefficient (Wildman–Crippen LogP) is 26.3. The molecule has 17 aromatic rings. The van der Waals surface area contributed by atoms with Crippen LogP contribution in [0.1, 0.15) is 84.6 Å². The highest BCUT2D eigenvalue weighted by molar-refractivity contribution is 7.00. The van der Waals surface area contributed by atoms with Crippen LogP contribution >= 0.6 is 0 Å². The van der Waals surface area contributed by atoms with Crippen LogP contribution in [0.25, 0.3) is 127 Å². The number of para-hydroxylation sites is 4. The van der Waals surface area contributed by atoms with Crippen molar-refractivity contribution >= 4 is 107 Å². The van der Waals surface area contributed by atoms with Crippen LogP contribution in [0, 0.1) is 17.9 Å². The van der Waals surface area contributed by atoms with Crippen molar-refractivity contribution in [2.75, 3.05) is 9.80 Å². The number of nitrogens with zero attached hydrogens (tertiary/aromatic N) is 6. The van der Waals surface area contributed by atoms with Gasteiger partial charge in [0.2, 0.25) is 0 Å². The maximum absolute atomic E-state index is 10.7. The first kappa shape index (κ1) is 68.1. The Kier molecular flexibility index (Phi) is 16.1. The molecule has 0 unspecified atom stereocenters. The molecule has 0 fully saturated rings. The molecule has 530 valence electrons. The average Bonchev–Trinajstić information content (AvgIpc) is 0.884. The second kappa shape index (κ2) is 26.2. The van der Waals surface area contributed by atoms with Crippen LogP contribution in [-0.2, 0) is 16.2 Å². The van der Waals surface area contributed by atoms with Crippen LogP contribution in [-0.4, -0.2) is 15.8 Å². The number of hydrogen-bond acceptors (Lipinski definition) is 3. The number of rotatable bonds is 10. The second-order valence-electron chi connectivity index (χ2n) is 33.1. The minimum absolute atomic E-state index is 0.119. The molecule has 4 heterocycles. The van der Waals surface area contributed by atoms with Crippen molar-refractivity contribution in [3.05, 3.63) is 361 Å². The van der Waals surface area contributed by atoms with Gasteiger partial charge in [-0.25, -0.2) is 4.85 Å². The van der Waals surface area contributed by atoms with E-state index in [1.807, 2.05) is 36.4 Å². The zero-order valence-electron chi connectivity index (χ0n) is 63.9. The van der Waals surface area contributed by atoms with E-state index in [4.69, 9.17) is 6.57 Å². The molecule has 0 spiro atoms. The minimum atomic E-state index is -0.324. The van der Waals surface area contributed by atoms with Crippen molar-refractivity contribution in [3.63, 3.8) is 0 Å². The third kappa shape index (κ3) is 11.5. The van der Waals surface area contributed by atoms with Crippen molar-refractivity contribution in [2.24, 2.45) is 0 Å². The zero-order chi connectivity index (χ0) is 75.8. The molecular formula is C104H81BN6. The topological polar surface area (TPSA) is 44.5 Å². The van der Waals surface area contributed by atoms with Crippen molar-refractivity contribution in [1.29, 1.82) is 5.26 Å². The summed E-state index contributed by atoms with van der Waals surface area (Å²) in [6.45, 7) is 28.6. The first-order valence-electron chi connectivity index (χ1n) is 38.6. The van der Waals surface area contributed by atoms with Gasteiger partial charge in [-0.3, -0.25) is 0 Å². The third-order valence-corrected chi connectivity index (χ3v) is 23.2. The summed E-state index contributed by atoms with van der Waals surface area (Å²) < 4.78 is 4.94. The van der Waals surface area contributed by atoms with Gasteiger partial charge in [0.1, 0.15) is 0 Å². The molecule has 2 aliphatic rings. The van der Waals surface area contributed by atoms with E-state index in [1.165, 1.54) is 49.2 Å². The Balaban J connectivity index is 0.999. The second-order valence-corrected chi connectivity index (χ2v) is 33.1. The van der Waals surface area contributed by atoms with Crippen molar-refractivity contribution in [2.45, 2.75) is 78.6 Å². The molecule has 0 saturated heterocycles. The van der Waals surface area contributed by atoms with Crippen molar-refractivity contribution < 1.29 is 0 Å². The lowest BCUT2D eigenvalue weighted by molar-refractivity contribution is 0.590. The lowest BCUT2D eigenvalue weighted by Crippen LogP contribution is -2.61. The van der Waals surface area contributed by atoms with Gasteiger partial charge in [-0.2, -0.15) is 5.26 Å². The van der Waals surface area contributed by atoms with E-state index < -0.39 is 0 Å². The molecule has 15 aromatic carbocycles. The van der Waals surface area contributed by atoms with Crippen LogP contribution < -0.4 is 26.2 Å². The maximum atomic E-state index is 10.7. The van der Waals surface area contributed by atoms with Gasteiger partial charge in [-0.15, -0.1) is 0 Å². The molecule has 0 amide bonds. The summed E-state index contributed by atoms with van der Waals surface area (Å²) in [5, 5.41) is 15.4. The van der Waals surface area contributed by atoms with E-state index in [2.05, 4.69) is 383 Å². The summed E-state index contributed by atoms with van der Waals surface area (Å²) in [6.07, 6.45) is 0. The maximum Gasteiger partial charge on any atom is 0.252 e. The predicted molar refractivity (Wildman–Crippen MR) is 469 cm³/mol. The first-order valence-corrected chi connectivity index (χ1v) is 38.6. The lowest BCUT2D eigenvalue weighted by Gasteiger charge is -2.46. The summed E-state index contributed by atoms with van der Waals surface area (Å²) in [5.74, 6) is 0. The molecule has 0 aliphatic carbocycles. The number of fused-ring (bicyclic) bond motifs is 10. The minimum Gasteiger partial charge on any atom is -0.311 e. The number of nitriles is 1. The Morgan fingerprint density at radius 1 is 0.306 bits per heavy atom. The molecule has 111 heavy (non-hydrogen) atoms. The molecular weight excluding hydrogens is 1340 g/mol. The van der Waals surface area contributed by atoms with E-state index in [-0.39, 0.29) is 23.0 Å². The number of benzene rings is 15. The van der Waals surface area contributed by atoms with Crippen LogP contribution in [0.4, 0.5) is 39.8 Å². The standard InChI is InChI=1S/C104H81BN6/c1-102(2,3)76-47-44-68(45-48-76)87-59-74(69-29-22-26-66(54-69)65-106)60-88(73-32-24-34-78(56-73)104(7,8)9)101(87)111-97-64-81(109-93-42-20-16-38-84(93)85-39-17-21-43-94(85)109)50-52-90(97)105-89-51-49-80(108-91-40-18-14-36-82(91)83-37-15-19-41-92(83)108)63-96(89)110(98-61-75(62-99(111)100(98)105)67-27-12-11-13-28-67)95-53-46-71(70-30-25-35-79(57-70)107-10)58-86(95)72-31-23-33-77(55-72)103(4,5)6/h11-64H,1-9H3. The van der Waals surface area contributed by atoms with E-state index in [1.54, 1.807) is 0 Å². The Bertz CT molecular complexity index is 6650. The Labute approximate surface area is 650 Å². The monoisotopic (exact) mass is 1420 g/mol. The quantitative estimate of drug-likeness (QED) is 0.101. The number of anilines is 6. The van der Waals surface area contributed by atoms with Gasteiger partial charge in [-0.05, 0) is 203 Å². The van der Waals surface area contributed by atoms with Gasteiger partial charge in [0, 0.05) is 72.4 Å². The van der Waals surface area contributed by atoms with E-state index in [0.29, 0.717) is 11.3 Å². The molecule has 0 radical (unpaired) electrons. The fourth-order valence-corrected chi connectivity index (χ4v) is 17.5. The number of aromatic nitrogens is 2. The molecule has 0 bridgehead atoms. The van der Waals surface area contributed by atoms with E-state index >= 15 is 0 Å². The SMILES string of the molecule is [C-]#[N+]c1cccc(-c2ccc(N3c4cc(-n5c6ccccc6c6ccccc65)ccc4B4c5ccc(-n6c7ccccc7c7ccccc76)cc5N(c5c(-c6ccc(C(C)(C)C)cc6)cc(-c6cccc(C#N)c6)cc5-c5cccc(C(C)(C)C)c5)c5cc(-c6ccccc6)cc3c54)c(-c3cccc(C(C)(C)C)c3)c2)c1. The van der Waals surface area contributed by atoms with E-state index in [9.17, 15) is 5.26 Å². The van der Waals surface area contributed by atoms with Crippen LogP contribution in [0.15, 0.2) is 328 Å². The van der Waals surface area contributed by atoms with Gasteiger partial charge >= 0.3 is 0 Å². The highest BCUT2D eigenvalue weighted by Crippen LogP contribution is 2.55. The zero-order valence-corrected chi connectivity index (χ0v) is 63.9. The van der Waals surface area contributed by atoms with Gasteiger partial charge < -0.3 is 18.9 Å². The normalized spacial score (nSPS) is 12.7. The molecule has 6 nitrogen and oxygen atoms in total. The highest BCUT2D eigenvalue weighted by atomic mass is 15.2. The molecule has 0 atom stereocenters. The Morgan fingerprint density at radius 2 is 0.730 bits per heavy atom. The molecule has 0 saturated carbocycles. The molecule has 2 aromatic heterocycles. The largest absolute Gasteiger partial charge is 0.311 e. The summed E-state index contributed by atoms with van der Waals surface area (Å²) >= 11 is 0. The molecule has 0 N–H and O–H groups in total. The fraction of sp³-hybridized carbons (Fsp3) is 0.115. The van der Waals surface area contributed by atoms with Crippen molar-refractivity contribution in [1.82, 2.24) is 9.13 Å². The third-order valence-electron chi connectivity index (χ3n) is 23.2. The summed E-state index contributed by atoms with van der Waals surface area (Å²) in [5.41, 5.74) is 33.2. The van der Waals surface area contributed by atoms with Crippen LogP contribution in [0.2, 0.25) is 0 Å². The lowest BCUT2D eigenvalue weighted by atomic mass is 9.33. The molecule has 19 rings (SSSR count). The number of hydrogen-bond donors (Lipinski definition) is 0. The van der Waals surface area contributed by atoms with Gasteiger partial charge in [-0.1, -0.05) is 287 Å². The summed E-state index contributed by atoms with van der Waals surface area (Å²) in [6, 6.07) is 124. The van der Waals surface area contributed by atoms with Crippen molar-refractivity contribution in [3.8, 4) is 84.2 Å². The summed E-state index contributed by atoms with van der Waals surface area (Å²) in [7, 11) is 0.